The molecule has 0 saturated heterocycles. The molecule has 1 aliphatic carbocycles. The lowest BCUT2D eigenvalue weighted by molar-refractivity contribution is -0.116. The average molecular weight is 526 g/mol. The third kappa shape index (κ3) is 3.62. The molecular formula is C30H24BrNO3. The number of methoxy groups -OCH3 is 1. The van der Waals surface area contributed by atoms with Gasteiger partial charge in [0.05, 0.1) is 17.6 Å². The Morgan fingerprint density at radius 1 is 0.943 bits per heavy atom. The van der Waals surface area contributed by atoms with Gasteiger partial charge >= 0.3 is 0 Å². The Morgan fingerprint density at radius 3 is 2.51 bits per heavy atom. The highest BCUT2D eigenvalue weighted by Crippen LogP contribution is 2.52. The molecule has 0 amide bonds. The summed E-state index contributed by atoms with van der Waals surface area (Å²) in [4.78, 5) is 13.9. The number of phenols is 1. The number of ketones is 1. The number of fused-ring (bicyclic) bond motifs is 4. The van der Waals surface area contributed by atoms with Crippen LogP contribution in [0.2, 0.25) is 0 Å². The number of ether oxygens (including phenoxy) is 1. The Bertz CT molecular complexity index is 1510. The molecule has 4 nitrogen and oxygen atoms in total. The van der Waals surface area contributed by atoms with Crippen LogP contribution in [0, 0.1) is 0 Å². The van der Waals surface area contributed by atoms with Crippen LogP contribution in [0.5, 0.6) is 11.5 Å². The van der Waals surface area contributed by atoms with Gasteiger partial charge in [-0.2, -0.15) is 0 Å². The number of halogens is 1. The molecule has 4 aromatic carbocycles. The van der Waals surface area contributed by atoms with E-state index in [2.05, 4.69) is 63.7 Å². The van der Waals surface area contributed by atoms with Crippen LogP contribution >= 0.6 is 15.9 Å². The molecule has 5 heteroatoms. The summed E-state index contributed by atoms with van der Waals surface area (Å²) in [7, 11) is 1.53. The number of carbonyl (C=O) groups excluding carboxylic acids is 1. The first-order valence-corrected chi connectivity index (χ1v) is 12.5. The number of hydrogen-bond donors (Lipinski definition) is 2. The fourth-order valence-electron chi connectivity index (χ4n) is 5.57. The van der Waals surface area contributed by atoms with Crippen molar-refractivity contribution in [2.45, 2.75) is 24.8 Å². The molecule has 6 rings (SSSR count). The molecule has 2 atom stereocenters. The van der Waals surface area contributed by atoms with Crippen LogP contribution in [0.3, 0.4) is 0 Å². The molecule has 0 spiro atoms. The highest BCUT2D eigenvalue weighted by molar-refractivity contribution is 9.10. The molecule has 0 aromatic heterocycles. The first kappa shape index (κ1) is 21.9. The number of anilines is 1. The fraction of sp³-hybridized carbons (Fsp3) is 0.167. The van der Waals surface area contributed by atoms with Crippen molar-refractivity contribution in [2.75, 3.05) is 12.4 Å². The van der Waals surface area contributed by atoms with E-state index in [1.807, 2.05) is 36.4 Å². The van der Waals surface area contributed by atoms with Gasteiger partial charge in [-0.1, -0.05) is 60.7 Å². The van der Waals surface area contributed by atoms with E-state index in [0.29, 0.717) is 16.6 Å². The summed E-state index contributed by atoms with van der Waals surface area (Å²) in [6.07, 6.45) is 1.26. The number of nitrogens with one attached hydrogen (secondary N) is 1. The van der Waals surface area contributed by atoms with Gasteiger partial charge in [0.15, 0.2) is 17.3 Å². The van der Waals surface area contributed by atoms with Gasteiger partial charge in [0.25, 0.3) is 0 Å². The van der Waals surface area contributed by atoms with Gasteiger partial charge in [0.2, 0.25) is 0 Å². The Hall–Kier alpha value is -3.57. The van der Waals surface area contributed by atoms with Crippen molar-refractivity contribution in [3.63, 3.8) is 0 Å². The summed E-state index contributed by atoms with van der Waals surface area (Å²) in [6, 6.07) is 26.2. The number of Topliss-reactive ketones (excluding diaryl/α,β-unsaturated/α-hetero) is 1. The van der Waals surface area contributed by atoms with E-state index < -0.39 is 0 Å². The van der Waals surface area contributed by atoms with Gasteiger partial charge < -0.3 is 15.2 Å². The van der Waals surface area contributed by atoms with Crippen LogP contribution in [0.15, 0.2) is 88.9 Å². The Balaban J connectivity index is 1.58. The van der Waals surface area contributed by atoms with Crippen LogP contribution < -0.4 is 10.1 Å². The number of hydrogen-bond acceptors (Lipinski definition) is 4. The number of benzene rings is 4. The van der Waals surface area contributed by atoms with Crippen molar-refractivity contribution in [3.8, 4) is 11.5 Å². The molecule has 0 saturated carbocycles. The zero-order valence-electron chi connectivity index (χ0n) is 19.2. The molecule has 0 fully saturated rings. The first-order valence-electron chi connectivity index (χ1n) is 11.7. The van der Waals surface area contributed by atoms with Crippen molar-refractivity contribution in [3.05, 3.63) is 106 Å². The van der Waals surface area contributed by atoms with Crippen LogP contribution in [0.25, 0.3) is 16.3 Å². The summed E-state index contributed by atoms with van der Waals surface area (Å²) in [5, 5.41) is 16.3. The SMILES string of the molecule is COc1cc([C@@H]2Nc3ccc4ccccc4c3C3=C2C(=O)C[C@H](c2ccccc2)C3)cc(Br)c1O. The smallest absolute Gasteiger partial charge is 0.172 e. The standard InChI is InChI=1S/C30H24BrNO3/c1-35-26-16-20(14-23(31)30(26)34)29-28-22(13-19(15-25(28)33)17-7-3-2-4-8-17)27-21-10-6-5-9-18(21)11-12-24(27)32-29/h2-12,14,16,19,29,32,34H,13,15H2,1H3/t19-,29+/m1/s1. The maximum atomic E-state index is 13.9. The summed E-state index contributed by atoms with van der Waals surface area (Å²) in [6.45, 7) is 0. The minimum atomic E-state index is -0.339. The summed E-state index contributed by atoms with van der Waals surface area (Å²) in [5.74, 6) is 0.702. The van der Waals surface area contributed by atoms with E-state index in [1.165, 1.54) is 12.7 Å². The number of carbonyl (C=O) groups is 1. The van der Waals surface area contributed by atoms with Crippen LogP contribution in [-0.2, 0) is 4.79 Å². The predicted octanol–water partition coefficient (Wildman–Crippen LogP) is 7.38. The highest BCUT2D eigenvalue weighted by atomic mass is 79.9. The minimum absolute atomic E-state index is 0.0479. The van der Waals surface area contributed by atoms with Gasteiger partial charge in [0.1, 0.15) is 0 Å². The van der Waals surface area contributed by atoms with Gasteiger partial charge in [-0.25, -0.2) is 0 Å². The van der Waals surface area contributed by atoms with Crippen LogP contribution in [0.1, 0.15) is 41.5 Å². The topological polar surface area (TPSA) is 58.6 Å². The van der Waals surface area contributed by atoms with Crippen LogP contribution in [-0.4, -0.2) is 18.0 Å². The summed E-state index contributed by atoms with van der Waals surface area (Å²) >= 11 is 3.45. The van der Waals surface area contributed by atoms with E-state index >= 15 is 0 Å². The molecule has 2 N–H and O–H groups in total. The van der Waals surface area contributed by atoms with Crippen molar-refractivity contribution in [2.24, 2.45) is 0 Å². The van der Waals surface area contributed by atoms with E-state index in [0.717, 1.165) is 45.2 Å². The molecule has 0 unspecified atom stereocenters. The number of aromatic hydroxyl groups is 1. The minimum Gasteiger partial charge on any atom is -0.503 e. The maximum Gasteiger partial charge on any atom is 0.172 e. The molecule has 1 heterocycles. The molecule has 2 aliphatic rings. The average Bonchev–Trinajstić information content (AvgIpc) is 2.89. The summed E-state index contributed by atoms with van der Waals surface area (Å²) < 4.78 is 5.95. The lowest BCUT2D eigenvalue weighted by atomic mass is 9.71. The zero-order valence-corrected chi connectivity index (χ0v) is 20.8. The molecule has 4 aromatic rings. The second kappa shape index (κ2) is 8.58. The second-order valence-electron chi connectivity index (χ2n) is 9.17. The molecule has 174 valence electrons. The zero-order chi connectivity index (χ0) is 24.1. The molecular weight excluding hydrogens is 502 g/mol. The van der Waals surface area contributed by atoms with Crippen molar-refractivity contribution in [1.82, 2.24) is 0 Å². The number of allylic oxidation sites excluding steroid dienone is 1. The van der Waals surface area contributed by atoms with Crippen molar-refractivity contribution in [1.29, 1.82) is 0 Å². The van der Waals surface area contributed by atoms with E-state index in [4.69, 9.17) is 4.74 Å². The largest absolute Gasteiger partial charge is 0.503 e. The van der Waals surface area contributed by atoms with Gasteiger partial charge in [0, 0.05) is 23.2 Å². The Labute approximate surface area is 212 Å². The lowest BCUT2D eigenvalue weighted by Crippen LogP contribution is -2.29. The Morgan fingerprint density at radius 2 is 1.71 bits per heavy atom. The van der Waals surface area contributed by atoms with E-state index in [1.54, 1.807) is 0 Å². The third-order valence-corrected chi connectivity index (χ3v) is 7.81. The summed E-state index contributed by atoms with van der Waals surface area (Å²) in [5.41, 5.74) is 6.10. The third-order valence-electron chi connectivity index (χ3n) is 7.20. The molecule has 0 radical (unpaired) electrons. The highest BCUT2D eigenvalue weighted by Gasteiger charge is 2.38. The van der Waals surface area contributed by atoms with Gasteiger partial charge in [-0.15, -0.1) is 0 Å². The second-order valence-corrected chi connectivity index (χ2v) is 10.0. The normalized spacial score (nSPS) is 19.2. The number of phenolic OH excluding ortho intramolecular Hbond substituents is 1. The first-order chi connectivity index (χ1) is 17.0. The van der Waals surface area contributed by atoms with E-state index in [-0.39, 0.29) is 23.5 Å². The van der Waals surface area contributed by atoms with Gasteiger partial charge in [-0.05, 0) is 73.9 Å². The van der Waals surface area contributed by atoms with Crippen LogP contribution in [0.4, 0.5) is 5.69 Å². The fourth-order valence-corrected chi connectivity index (χ4v) is 6.03. The van der Waals surface area contributed by atoms with Crippen molar-refractivity contribution < 1.29 is 14.6 Å². The number of rotatable bonds is 3. The molecule has 0 bridgehead atoms. The Kier molecular flexibility index (Phi) is 5.37. The van der Waals surface area contributed by atoms with E-state index in [9.17, 15) is 9.90 Å². The monoisotopic (exact) mass is 525 g/mol. The van der Waals surface area contributed by atoms with Gasteiger partial charge in [-0.3, -0.25) is 4.79 Å². The lowest BCUT2D eigenvalue weighted by Gasteiger charge is -2.37. The maximum absolute atomic E-state index is 13.9. The molecule has 35 heavy (non-hydrogen) atoms. The van der Waals surface area contributed by atoms with Crippen molar-refractivity contribution >= 4 is 43.7 Å². The molecule has 1 aliphatic heterocycles. The predicted molar refractivity (Wildman–Crippen MR) is 143 cm³/mol. The quantitative estimate of drug-likeness (QED) is 0.292.